The molecule has 2 heterocycles. The van der Waals surface area contributed by atoms with Gasteiger partial charge in [-0.15, -0.1) is 0 Å². The normalized spacial score (nSPS) is 20.1. The van der Waals surface area contributed by atoms with Crippen molar-refractivity contribution in [3.63, 3.8) is 0 Å². The number of non-ortho nitro benzene ring substituents is 1. The van der Waals surface area contributed by atoms with E-state index in [2.05, 4.69) is 25.5 Å². The molecule has 5 rings (SSSR count). The van der Waals surface area contributed by atoms with Crippen LogP contribution in [-0.2, 0) is 6.18 Å². The predicted molar refractivity (Wildman–Crippen MR) is 146 cm³/mol. The summed E-state index contributed by atoms with van der Waals surface area (Å²) >= 11 is 0. The van der Waals surface area contributed by atoms with E-state index >= 15 is 0 Å². The Morgan fingerprint density at radius 2 is 1.43 bits per heavy atom. The Kier molecular flexibility index (Phi) is 8.22. The van der Waals surface area contributed by atoms with Crippen LogP contribution in [0.2, 0.25) is 0 Å². The molecule has 0 spiro atoms. The molecule has 2 aliphatic rings. The summed E-state index contributed by atoms with van der Waals surface area (Å²) in [5, 5.41) is 17.6. The summed E-state index contributed by atoms with van der Waals surface area (Å²) in [6.07, 6.45) is 2.45. The summed E-state index contributed by atoms with van der Waals surface area (Å²) in [4.78, 5) is 21.3. The molecule has 212 valence electrons. The number of nitro groups is 1. The first-order valence-electron chi connectivity index (χ1n) is 13.4. The van der Waals surface area contributed by atoms with Gasteiger partial charge in [0.15, 0.2) is 0 Å². The topological polar surface area (TPSA) is 105 Å². The zero-order valence-corrected chi connectivity index (χ0v) is 21.8. The molecule has 0 bridgehead atoms. The predicted octanol–water partition coefficient (Wildman–Crippen LogP) is 6.29. The number of nitrogens with zero attached hydrogens (tertiary/aromatic N) is 4. The Morgan fingerprint density at radius 3 is 2.00 bits per heavy atom. The van der Waals surface area contributed by atoms with Gasteiger partial charge in [-0.3, -0.25) is 10.1 Å². The molecule has 2 N–H and O–H groups in total. The van der Waals surface area contributed by atoms with E-state index in [-0.39, 0.29) is 23.9 Å². The second-order valence-corrected chi connectivity index (χ2v) is 10.2. The van der Waals surface area contributed by atoms with E-state index in [9.17, 15) is 23.3 Å². The van der Waals surface area contributed by atoms with E-state index in [1.54, 1.807) is 12.1 Å². The third kappa shape index (κ3) is 7.10. The second kappa shape index (κ2) is 12.0. The average Bonchev–Trinajstić information content (AvgIpc) is 2.95. The first kappa shape index (κ1) is 27.5. The third-order valence-corrected chi connectivity index (χ3v) is 7.44. The van der Waals surface area contributed by atoms with E-state index in [0.717, 1.165) is 75.3 Å². The van der Waals surface area contributed by atoms with E-state index < -0.39 is 16.7 Å². The number of nitro benzene ring substituents is 1. The zero-order valence-electron chi connectivity index (χ0n) is 21.8. The number of aromatic nitrogens is 2. The number of alkyl halides is 3. The fraction of sp³-hybridized carbons (Fsp3) is 0.429. The summed E-state index contributed by atoms with van der Waals surface area (Å²) in [5.41, 5.74) is 0.975. The van der Waals surface area contributed by atoms with Crippen molar-refractivity contribution < 1.29 is 22.8 Å². The third-order valence-electron chi connectivity index (χ3n) is 7.44. The van der Waals surface area contributed by atoms with Crippen LogP contribution in [0, 0.1) is 10.1 Å². The smallest absolute Gasteiger partial charge is 0.416 e. The lowest BCUT2D eigenvalue weighted by Gasteiger charge is -2.34. The molecule has 1 saturated carbocycles. The number of halogens is 3. The Labute approximate surface area is 229 Å². The summed E-state index contributed by atoms with van der Waals surface area (Å²) < 4.78 is 44.6. The van der Waals surface area contributed by atoms with Crippen molar-refractivity contribution in [3.05, 3.63) is 76.6 Å². The van der Waals surface area contributed by atoms with Gasteiger partial charge in [0.2, 0.25) is 5.88 Å². The lowest BCUT2D eigenvalue weighted by molar-refractivity contribution is -0.384. The van der Waals surface area contributed by atoms with Crippen LogP contribution in [0.5, 0.6) is 5.88 Å². The molecule has 2 aromatic carbocycles. The molecular weight excluding hydrogens is 525 g/mol. The summed E-state index contributed by atoms with van der Waals surface area (Å²) in [5.74, 6) is 1.34. The van der Waals surface area contributed by atoms with E-state index in [4.69, 9.17) is 4.74 Å². The van der Waals surface area contributed by atoms with E-state index in [0.29, 0.717) is 11.6 Å². The molecule has 1 aliphatic carbocycles. The van der Waals surface area contributed by atoms with Gasteiger partial charge in [0.05, 0.1) is 10.5 Å². The van der Waals surface area contributed by atoms with Gasteiger partial charge in [-0.1, -0.05) is 0 Å². The number of rotatable bonds is 8. The molecule has 0 amide bonds. The van der Waals surface area contributed by atoms with Gasteiger partial charge in [0.25, 0.3) is 5.69 Å². The number of hydrogen-bond donors (Lipinski definition) is 2. The van der Waals surface area contributed by atoms with Gasteiger partial charge >= 0.3 is 6.18 Å². The highest BCUT2D eigenvalue weighted by Crippen LogP contribution is 2.31. The molecule has 1 aliphatic heterocycles. The van der Waals surface area contributed by atoms with Gasteiger partial charge in [-0.25, -0.2) is 9.97 Å². The monoisotopic (exact) mass is 556 g/mol. The highest BCUT2D eigenvalue weighted by Gasteiger charge is 2.30. The van der Waals surface area contributed by atoms with E-state index in [1.807, 2.05) is 6.07 Å². The summed E-state index contributed by atoms with van der Waals surface area (Å²) in [7, 11) is 0. The minimum Gasteiger partial charge on any atom is -0.474 e. The highest BCUT2D eigenvalue weighted by molar-refractivity contribution is 5.49. The summed E-state index contributed by atoms with van der Waals surface area (Å²) in [6, 6.07) is 13.9. The van der Waals surface area contributed by atoms with Crippen LogP contribution in [0.25, 0.3) is 0 Å². The Balaban J connectivity index is 1.07. The Hall–Kier alpha value is -4.09. The zero-order chi connectivity index (χ0) is 28.1. The van der Waals surface area contributed by atoms with Crippen molar-refractivity contribution in [3.8, 4) is 5.88 Å². The van der Waals surface area contributed by atoms with Crippen molar-refractivity contribution >= 4 is 22.9 Å². The lowest BCUT2D eigenvalue weighted by Crippen LogP contribution is -2.39. The van der Waals surface area contributed by atoms with Gasteiger partial charge < -0.3 is 20.3 Å². The van der Waals surface area contributed by atoms with Crippen LogP contribution in [0.3, 0.4) is 0 Å². The first-order chi connectivity index (χ1) is 19.2. The average molecular weight is 557 g/mol. The fourth-order valence-corrected chi connectivity index (χ4v) is 5.22. The molecule has 9 nitrogen and oxygen atoms in total. The van der Waals surface area contributed by atoms with E-state index in [1.165, 1.54) is 30.6 Å². The number of nitrogens with one attached hydrogen (secondary N) is 2. The quantitative estimate of drug-likeness (QED) is 0.247. The van der Waals surface area contributed by atoms with Crippen LogP contribution in [0.1, 0.15) is 44.1 Å². The standard InChI is InChI=1S/C28H31F3N6O3/c29-28(30,31)19-1-3-20(4-2-19)35-23-13-15-36(16-14-23)26-17-27(33-18-32-26)40-25-11-7-22(8-12-25)34-21-5-9-24(10-6-21)37(38)39/h1-6,9-10,17-18,22-23,25,34-35H,7-8,11-16H2. The highest BCUT2D eigenvalue weighted by atomic mass is 19.4. The number of piperidine rings is 1. The molecule has 3 aromatic rings. The molecule has 12 heteroatoms. The van der Waals surface area contributed by atoms with Crippen molar-refractivity contribution in [2.24, 2.45) is 0 Å². The molecule has 1 aromatic heterocycles. The van der Waals surface area contributed by atoms with Crippen LogP contribution >= 0.6 is 0 Å². The lowest BCUT2D eigenvalue weighted by atomic mass is 9.92. The second-order valence-electron chi connectivity index (χ2n) is 10.2. The van der Waals surface area contributed by atoms with Crippen LogP contribution in [0.15, 0.2) is 60.9 Å². The largest absolute Gasteiger partial charge is 0.474 e. The molecule has 0 atom stereocenters. The Bertz CT molecular complexity index is 1270. The summed E-state index contributed by atoms with van der Waals surface area (Å²) in [6.45, 7) is 1.52. The molecule has 1 saturated heterocycles. The SMILES string of the molecule is O=[N+]([O-])c1ccc(NC2CCC(Oc3cc(N4CCC(Nc5ccc(C(F)(F)F)cc5)CC4)ncn3)CC2)cc1. The molecule has 0 unspecified atom stereocenters. The Morgan fingerprint density at radius 1 is 0.850 bits per heavy atom. The van der Waals surface area contributed by atoms with Gasteiger partial charge in [0, 0.05) is 54.7 Å². The van der Waals surface area contributed by atoms with Crippen LogP contribution in [0.4, 0.5) is 36.1 Å². The van der Waals surface area contributed by atoms with Crippen molar-refractivity contribution in [1.82, 2.24) is 9.97 Å². The maximum Gasteiger partial charge on any atom is 0.416 e. The van der Waals surface area contributed by atoms with Gasteiger partial charge in [0.1, 0.15) is 18.2 Å². The number of ether oxygens (including phenoxy) is 1. The van der Waals surface area contributed by atoms with Crippen LogP contribution < -0.4 is 20.3 Å². The number of anilines is 3. The fourth-order valence-electron chi connectivity index (χ4n) is 5.22. The molecule has 40 heavy (non-hydrogen) atoms. The molecular formula is C28H31F3N6O3. The van der Waals surface area contributed by atoms with Gasteiger partial charge in [-0.05, 0) is 74.9 Å². The first-order valence-corrected chi connectivity index (χ1v) is 13.4. The number of hydrogen-bond acceptors (Lipinski definition) is 8. The van der Waals surface area contributed by atoms with Crippen molar-refractivity contribution in [1.29, 1.82) is 0 Å². The maximum absolute atomic E-state index is 12.8. The van der Waals surface area contributed by atoms with Crippen molar-refractivity contribution in [2.75, 3.05) is 28.6 Å². The van der Waals surface area contributed by atoms with Crippen LogP contribution in [-0.4, -0.2) is 46.2 Å². The minimum atomic E-state index is -4.34. The molecule has 2 fully saturated rings. The van der Waals surface area contributed by atoms with Crippen molar-refractivity contribution in [2.45, 2.75) is 62.9 Å². The van der Waals surface area contributed by atoms with Gasteiger partial charge in [-0.2, -0.15) is 13.2 Å². The maximum atomic E-state index is 12.8. The number of benzene rings is 2. The minimum absolute atomic E-state index is 0.0522. The molecule has 0 radical (unpaired) electrons.